The monoisotopic (exact) mass is 430 g/mol. The van der Waals surface area contributed by atoms with Crippen LogP contribution < -0.4 is 15.5 Å². The van der Waals surface area contributed by atoms with Gasteiger partial charge in [-0.2, -0.15) is 0 Å². The Morgan fingerprint density at radius 3 is 2.57 bits per heavy atom. The summed E-state index contributed by atoms with van der Waals surface area (Å²) in [6.07, 6.45) is 5.60. The van der Waals surface area contributed by atoms with Crippen LogP contribution in [0.25, 0.3) is 0 Å². The summed E-state index contributed by atoms with van der Waals surface area (Å²) in [6.45, 7) is 14.0. The summed E-state index contributed by atoms with van der Waals surface area (Å²) in [5, 5.41) is 7.96. The first-order chi connectivity index (χ1) is 14.7. The molecule has 1 saturated heterocycles. The van der Waals surface area contributed by atoms with E-state index in [0.29, 0.717) is 0 Å². The lowest BCUT2D eigenvalue weighted by Crippen LogP contribution is -2.47. The van der Waals surface area contributed by atoms with Crippen LogP contribution in [0, 0.1) is 13.8 Å². The first kappa shape index (κ1) is 22.4. The molecule has 2 aromatic rings. The molecule has 30 heavy (non-hydrogen) atoms. The zero-order chi connectivity index (χ0) is 21.2. The van der Waals surface area contributed by atoms with Crippen molar-refractivity contribution in [2.45, 2.75) is 33.6 Å². The quantitative estimate of drug-likeness (QED) is 0.357. The number of hydrogen-bond acceptors (Lipinski definition) is 7. The largest absolute Gasteiger partial charge is 0.357 e. The second kappa shape index (κ2) is 11.8. The number of nitrogens with one attached hydrogen (secondary N) is 2. The van der Waals surface area contributed by atoms with Crippen molar-refractivity contribution in [2.75, 3.05) is 57.3 Å². The highest BCUT2D eigenvalue weighted by Crippen LogP contribution is 2.16. The van der Waals surface area contributed by atoms with Gasteiger partial charge in [-0.1, -0.05) is 0 Å². The first-order valence-corrected chi connectivity index (χ1v) is 11.7. The van der Waals surface area contributed by atoms with Crippen molar-refractivity contribution in [1.82, 2.24) is 30.5 Å². The number of aromatic nitrogens is 3. The molecule has 1 fully saturated rings. The molecule has 0 saturated carbocycles. The molecule has 0 aliphatic carbocycles. The molecule has 3 rings (SSSR count). The van der Waals surface area contributed by atoms with Crippen LogP contribution in [0.1, 0.15) is 28.9 Å². The van der Waals surface area contributed by atoms with E-state index in [0.717, 1.165) is 82.8 Å². The Kier molecular flexibility index (Phi) is 8.82. The van der Waals surface area contributed by atoms with Gasteiger partial charge in [0, 0.05) is 76.0 Å². The van der Waals surface area contributed by atoms with E-state index >= 15 is 0 Å². The molecular weight excluding hydrogens is 396 g/mol. The van der Waals surface area contributed by atoms with Crippen LogP contribution in [-0.2, 0) is 6.42 Å². The molecule has 0 spiro atoms. The van der Waals surface area contributed by atoms with Crippen molar-refractivity contribution in [3.05, 3.63) is 34.0 Å². The third-order valence-corrected chi connectivity index (χ3v) is 6.29. The van der Waals surface area contributed by atoms with Gasteiger partial charge in [0.25, 0.3) is 0 Å². The van der Waals surface area contributed by atoms with Gasteiger partial charge in [-0.25, -0.2) is 15.0 Å². The minimum Gasteiger partial charge on any atom is -0.357 e. The number of anilines is 1. The molecule has 9 heteroatoms. The maximum atomic E-state index is 4.73. The molecule has 164 valence electrons. The second-order valence-electron chi connectivity index (χ2n) is 7.42. The SMILES string of the molecule is CCNC(=NCCCN1CCN(c2ncccn2)CC1)NCCc1nc(C)c(C)s1. The van der Waals surface area contributed by atoms with Crippen molar-refractivity contribution >= 4 is 23.2 Å². The van der Waals surface area contributed by atoms with Gasteiger partial charge in [0.05, 0.1) is 10.7 Å². The lowest BCUT2D eigenvalue weighted by molar-refractivity contribution is 0.255. The van der Waals surface area contributed by atoms with Gasteiger partial charge in [0.15, 0.2) is 5.96 Å². The highest BCUT2D eigenvalue weighted by molar-refractivity contribution is 7.11. The number of thiazole rings is 1. The Balaban J connectivity index is 1.34. The van der Waals surface area contributed by atoms with Crippen LogP contribution in [0.4, 0.5) is 5.95 Å². The Hall–Kier alpha value is -2.26. The van der Waals surface area contributed by atoms with Gasteiger partial charge < -0.3 is 15.5 Å². The molecule has 1 aliphatic heterocycles. The van der Waals surface area contributed by atoms with Crippen molar-refractivity contribution in [3.8, 4) is 0 Å². The second-order valence-corrected chi connectivity index (χ2v) is 8.71. The van der Waals surface area contributed by atoms with Crippen molar-refractivity contribution in [2.24, 2.45) is 4.99 Å². The average molecular weight is 431 g/mol. The van der Waals surface area contributed by atoms with Crippen LogP contribution in [0.5, 0.6) is 0 Å². The number of hydrogen-bond donors (Lipinski definition) is 2. The van der Waals surface area contributed by atoms with Crippen molar-refractivity contribution < 1.29 is 0 Å². The van der Waals surface area contributed by atoms with E-state index in [2.05, 4.69) is 56.2 Å². The van der Waals surface area contributed by atoms with Gasteiger partial charge in [-0.15, -0.1) is 11.3 Å². The molecule has 0 bridgehead atoms. The van der Waals surface area contributed by atoms with Gasteiger partial charge >= 0.3 is 0 Å². The Morgan fingerprint density at radius 2 is 1.90 bits per heavy atom. The molecule has 0 aromatic carbocycles. The molecule has 3 heterocycles. The third kappa shape index (κ3) is 6.91. The minimum atomic E-state index is 0.826. The molecule has 2 aromatic heterocycles. The fraction of sp³-hybridized carbons (Fsp3) is 0.619. The normalized spacial score (nSPS) is 15.4. The maximum absolute atomic E-state index is 4.73. The minimum absolute atomic E-state index is 0.826. The zero-order valence-corrected chi connectivity index (χ0v) is 19.2. The van der Waals surface area contributed by atoms with Crippen LogP contribution in [0.15, 0.2) is 23.5 Å². The zero-order valence-electron chi connectivity index (χ0n) is 18.4. The van der Waals surface area contributed by atoms with E-state index in [1.807, 2.05) is 18.5 Å². The smallest absolute Gasteiger partial charge is 0.225 e. The van der Waals surface area contributed by atoms with E-state index in [9.17, 15) is 0 Å². The highest BCUT2D eigenvalue weighted by Gasteiger charge is 2.18. The van der Waals surface area contributed by atoms with E-state index < -0.39 is 0 Å². The lowest BCUT2D eigenvalue weighted by atomic mass is 10.3. The molecule has 0 atom stereocenters. The number of aryl methyl sites for hydroxylation is 2. The Labute approximate surface area is 183 Å². The number of piperazine rings is 1. The summed E-state index contributed by atoms with van der Waals surface area (Å²) in [7, 11) is 0. The molecule has 8 nitrogen and oxygen atoms in total. The van der Waals surface area contributed by atoms with Crippen LogP contribution >= 0.6 is 11.3 Å². The topological polar surface area (TPSA) is 81.6 Å². The molecule has 2 N–H and O–H groups in total. The predicted molar refractivity (Wildman–Crippen MR) is 125 cm³/mol. The first-order valence-electron chi connectivity index (χ1n) is 10.8. The molecule has 0 amide bonds. The number of aliphatic imine (C=N–C) groups is 1. The lowest BCUT2D eigenvalue weighted by Gasteiger charge is -2.34. The summed E-state index contributed by atoms with van der Waals surface area (Å²) in [5.74, 6) is 1.74. The summed E-state index contributed by atoms with van der Waals surface area (Å²) in [5.41, 5.74) is 1.15. The fourth-order valence-corrected chi connectivity index (χ4v) is 4.32. The van der Waals surface area contributed by atoms with Crippen LogP contribution in [-0.4, -0.2) is 78.2 Å². The number of nitrogens with zero attached hydrogens (tertiary/aromatic N) is 6. The number of rotatable bonds is 9. The van der Waals surface area contributed by atoms with Crippen LogP contribution in [0.2, 0.25) is 0 Å². The third-order valence-electron chi connectivity index (χ3n) is 5.16. The van der Waals surface area contributed by atoms with Gasteiger partial charge in [-0.05, 0) is 33.3 Å². The van der Waals surface area contributed by atoms with Crippen molar-refractivity contribution in [1.29, 1.82) is 0 Å². The molecule has 0 radical (unpaired) electrons. The molecular formula is C21H34N8S. The van der Waals surface area contributed by atoms with Crippen molar-refractivity contribution in [3.63, 3.8) is 0 Å². The summed E-state index contributed by atoms with van der Waals surface area (Å²) >= 11 is 1.79. The van der Waals surface area contributed by atoms with Gasteiger partial charge in [-0.3, -0.25) is 9.89 Å². The molecule has 1 aliphatic rings. The van der Waals surface area contributed by atoms with Gasteiger partial charge in [0.2, 0.25) is 5.95 Å². The van der Waals surface area contributed by atoms with E-state index in [1.54, 1.807) is 11.3 Å². The highest BCUT2D eigenvalue weighted by atomic mass is 32.1. The van der Waals surface area contributed by atoms with Crippen LogP contribution in [0.3, 0.4) is 0 Å². The van der Waals surface area contributed by atoms with E-state index in [4.69, 9.17) is 4.99 Å². The summed E-state index contributed by atoms with van der Waals surface area (Å²) < 4.78 is 0. The molecule has 0 unspecified atom stereocenters. The predicted octanol–water partition coefficient (Wildman–Crippen LogP) is 1.86. The van der Waals surface area contributed by atoms with Gasteiger partial charge in [0.1, 0.15) is 0 Å². The standard InChI is InChI=1S/C21H34N8S/c1-4-22-20(24-11-7-19-27-17(2)18(3)30-19)23-10-6-12-28-13-15-29(16-14-28)21-25-8-5-9-26-21/h5,8-9H,4,6-7,10-16H2,1-3H3,(H2,22,23,24). The van der Waals surface area contributed by atoms with E-state index in [1.165, 1.54) is 9.88 Å². The Morgan fingerprint density at radius 1 is 1.13 bits per heavy atom. The van der Waals surface area contributed by atoms with E-state index in [-0.39, 0.29) is 0 Å². The summed E-state index contributed by atoms with van der Waals surface area (Å²) in [4.78, 5) is 24.1. The fourth-order valence-electron chi connectivity index (χ4n) is 3.39. The summed E-state index contributed by atoms with van der Waals surface area (Å²) in [6, 6.07) is 1.86. The Bertz CT molecular complexity index is 764. The average Bonchev–Trinajstić information content (AvgIpc) is 3.09. The maximum Gasteiger partial charge on any atom is 0.225 e. The number of guanidine groups is 1.